The molecule has 3 rings (SSSR count). The Kier molecular flexibility index (Phi) is 2.90. The zero-order valence-corrected chi connectivity index (χ0v) is 10.2. The van der Waals surface area contributed by atoms with Crippen molar-refractivity contribution in [2.45, 2.75) is 12.3 Å². The summed E-state index contributed by atoms with van der Waals surface area (Å²) in [5.41, 5.74) is 1.88. The lowest BCUT2D eigenvalue weighted by Crippen LogP contribution is -1.84. The van der Waals surface area contributed by atoms with Crippen LogP contribution < -0.4 is 0 Å². The van der Waals surface area contributed by atoms with E-state index < -0.39 is 12.3 Å². The van der Waals surface area contributed by atoms with E-state index in [2.05, 4.69) is 15.2 Å². The average molecular weight is 285 g/mol. The number of rotatable bonds is 3. The molecule has 0 amide bonds. The van der Waals surface area contributed by atoms with Crippen LogP contribution >= 0.6 is 11.6 Å². The Labute approximate surface area is 110 Å². The Hall–Kier alpha value is -2.02. The summed E-state index contributed by atoms with van der Waals surface area (Å²) in [6.07, 6.45) is 0.726. The third kappa shape index (κ3) is 2.17. The van der Waals surface area contributed by atoms with Crippen LogP contribution in [0, 0.1) is 0 Å². The van der Waals surface area contributed by atoms with Gasteiger partial charge in [-0.1, -0.05) is 0 Å². The van der Waals surface area contributed by atoms with Gasteiger partial charge in [0.1, 0.15) is 5.65 Å². The number of nitrogens with zero attached hydrogens (tertiary/aromatic N) is 4. The second-order valence-electron chi connectivity index (χ2n) is 3.79. The first kappa shape index (κ1) is 12.0. The lowest BCUT2D eigenvalue weighted by Gasteiger charge is -1.96. The second-order valence-corrected chi connectivity index (χ2v) is 4.06. The van der Waals surface area contributed by atoms with Gasteiger partial charge in [-0.2, -0.15) is 8.78 Å². The first-order chi connectivity index (χ1) is 9.17. The second kappa shape index (κ2) is 4.58. The van der Waals surface area contributed by atoms with Crippen molar-refractivity contribution in [3.8, 4) is 11.5 Å². The van der Waals surface area contributed by atoms with Crippen LogP contribution in [0.4, 0.5) is 8.78 Å². The monoisotopic (exact) mass is 284 g/mol. The molecule has 0 aliphatic carbocycles. The first-order valence-corrected chi connectivity index (χ1v) is 5.86. The SMILES string of the molecule is FC(F)c1nnc(-c2ccn3cc(CCl)nc3c2)o1. The summed E-state index contributed by atoms with van der Waals surface area (Å²) in [5.74, 6) is -0.361. The van der Waals surface area contributed by atoms with Crippen molar-refractivity contribution in [3.63, 3.8) is 0 Å². The summed E-state index contributed by atoms with van der Waals surface area (Å²) < 4.78 is 31.4. The number of hydrogen-bond acceptors (Lipinski definition) is 4. The van der Waals surface area contributed by atoms with E-state index in [1.807, 2.05) is 0 Å². The zero-order chi connectivity index (χ0) is 13.4. The Morgan fingerprint density at radius 2 is 2.21 bits per heavy atom. The summed E-state index contributed by atoms with van der Waals surface area (Å²) in [7, 11) is 0. The summed E-state index contributed by atoms with van der Waals surface area (Å²) in [4.78, 5) is 4.25. The van der Waals surface area contributed by atoms with Gasteiger partial charge in [-0.15, -0.1) is 21.8 Å². The predicted octanol–water partition coefficient (Wildman–Crippen LogP) is 3.06. The molecule has 19 heavy (non-hydrogen) atoms. The fraction of sp³-hybridized carbons (Fsp3) is 0.182. The molecule has 5 nitrogen and oxygen atoms in total. The molecule has 3 heterocycles. The highest BCUT2D eigenvalue weighted by atomic mass is 35.5. The molecule has 0 aromatic carbocycles. The number of halogens is 3. The molecule has 0 fully saturated rings. The van der Waals surface area contributed by atoms with Crippen molar-refractivity contribution >= 4 is 17.2 Å². The van der Waals surface area contributed by atoms with Crippen LogP contribution in [-0.2, 0) is 5.88 Å². The summed E-state index contributed by atoms with van der Waals surface area (Å²) >= 11 is 5.69. The normalized spacial score (nSPS) is 11.6. The van der Waals surface area contributed by atoms with Crippen LogP contribution in [0.25, 0.3) is 17.1 Å². The maximum Gasteiger partial charge on any atom is 0.314 e. The lowest BCUT2D eigenvalue weighted by molar-refractivity contribution is 0.116. The van der Waals surface area contributed by atoms with Crippen molar-refractivity contribution < 1.29 is 13.2 Å². The molecule has 0 spiro atoms. The Balaban J connectivity index is 2.03. The Morgan fingerprint density at radius 3 is 2.89 bits per heavy atom. The summed E-state index contributed by atoms with van der Waals surface area (Å²) in [6.45, 7) is 0. The first-order valence-electron chi connectivity index (χ1n) is 5.33. The maximum absolute atomic E-state index is 12.4. The molecule has 8 heteroatoms. The number of imidazole rings is 1. The molecule has 0 aliphatic heterocycles. The predicted molar refractivity (Wildman–Crippen MR) is 63.0 cm³/mol. The van der Waals surface area contributed by atoms with Crippen molar-refractivity contribution in [2.24, 2.45) is 0 Å². The molecule has 0 saturated carbocycles. The summed E-state index contributed by atoms with van der Waals surface area (Å²) in [6, 6.07) is 3.34. The van der Waals surface area contributed by atoms with Crippen LogP contribution in [-0.4, -0.2) is 19.6 Å². The van der Waals surface area contributed by atoms with E-state index in [1.165, 1.54) is 0 Å². The molecule has 0 bridgehead atoms. The van der Waals surface area contributed by atoms with Crippen LogP contribution in [0.5, 0.6) is 0 Å². The van der Waals surface area contributed by atoms with E-state index in [9.17, 15) is 8.78 Å². The van der Waals surface area contributed by atoms with Gasteiger partial charge in [0, 0.05) is 18.0 Å². The standard InChI is InChI=1S/C11H7ClF2N4O/c12-4-7-5-18-2-1-6(3-8(18)15-7)10-16-17-11(19-10)9(13)14/h1-3,5,9H,4H2. The van der Waals surface area contributed by atoms with Crippen molar-refractivity contribution in [2.75, 3.05) is 0 Å². The molecule has 0 unspecified atom stereocenters. The van der Waals surface area contributed by atoms with Gasteiger partial charge in [-0.25, -0.2) is 4.98 Å². The fourth-order valence-electron chi connectivity index (χ4n) is 1.67. The van der Waals surface area contributed by atoms with Gasteiger partial charge >= 0.3 is 6.43 Å². The molecule has 3 aromatic rings. The Morgan fingerprint density at radius 1 is 1.37 bits per heavy atom. The smallest absolute Gasteiger partial charge is 0.314 e. The van der Waals surface area contributed by atoms with E-state index in [0.717, 1.165) is 5.69 Å². The fourth-order valence-corrected chi connectivity index (χ4v) is 1.80. The highest BCUT2D eigenvalue weighted by molar-refractivity contribution is 6.16. The molecule has 0 aliphatic rings. The van der Waals surface area contributed by atoms with Crippen LogP contribution in [0.2, 0.25) is 0 Å². The summed E-state index contributed by atoms with van der Waals surface area (Å²) in [5, 5.41) is 6.86. The number of hydrogen-bond donors (Lipinski definition) is 0. The third-order valence-electron chi connectivity index (χ3n) is 2.52. The lowest BCUT2D eigenvalue weighted by atomic mass is 10.2. The molecular formula is C11H7ClF2N4O. The van der Waals surface area contributed by atoms with E-state index in [0.29, 0.717) is 17.1 Å². The van der Waals surface area contributed by atoms with Crippen molar-refractivity contribution in [1.82, 2.24) is 19.6 Å². The number of pyridine rings is 1. The van der Waals surface area contributed by atoms with E-state index >= 15 is 0 Å². The van der Waals surface area contributed by atoms with Gasteiger partial charge in [0.15, 0.2) is 0 Å². The molecule has 98 valence electrons. The highest BCUT2D eigenvalue weighted by Crippen LogP contribution is 2.24. The molecule has 0 radical (unpaired) electrons. The number of fused-ring (bicyclic) bond motifs is 1. The minimum Gasteiger partial charge on any atom is -0.415 e. The van der Waals surface area contributed by atoms with Crippen molar-refractivity contribution in [1.29, 1.82) is 0 Å². The zero-order valence-electron chi connectivity index (χ0n) is 9.42. The van der Waals surface area contributed by atoms with Gasteiger partial charge < -0.3 is 8.82 Å². The van der Waals surface area contributed by atoms with Gasteiger partial charge in [-0.3, -0.25) is 0 Å². The van der Waals surface area contributed by atoms with Gasteiger partial charge in [0.2, 0.25) is 5.89 Å². The van der Waals surface area contributed by atoms with Crippen LogP contribution in [0.1, 0.15) is 18.0 Å². The van der Waals surface area contributed by atoms with Crippen LogP contribution in [0.3, 0.4) is 0 Å². The number of aromatic nitrogens is 4. The minimum absolute atomic E-state index is 0.0354. The Bertz CT molecular complexity index is 724. The van der Waals surface area contributed by atoms with E-state index in [-0.39, 0.29) is 5.89 Å². The largest absolute Gasteiger partial charge is 0.415 e. The maximum atomic E-state index is 12.4. The number of alkyl halides is 3. The van der Waals surface area contributed by atoms with Gasteiger partial charge in [-0.05, 0) is 12.1 Å². The molecular weight excluding hydrogens is 278 g/mol. The topological polar surface area (TPSA) is 56.2 Å². The molecule has 0 N–H and O–H groups in total. The molecule has 0 atom stereocenters. The quantitative estimate of drug-likeness (QED) is 0.694. The average Bonchev–Trinajstić information content (AvgIpc) is 3.04. The van der Waals surface area contributed by atoms with Gasteiger partial charge in [0.05, 0.1) is 11.6 Å². The van der Waals surface area contributed by atoms with Gasteiger partial charge in [0.25, 0.3) is 5.89 Å². The van der Waals surface area contributed by atoms with Crippen LogP contribution in [0.15, 0.2) is 28.9 Å². The minimum atomic E-state index is -2.78. The highest BCUT2D eigenvalue weighted by Gasteiger charge is 2.17. The van der Waals surface area contributed by atoms with Crippen molar-refractivity contribution in [3.05, 3.63) is 36.1 Å². The molecule has 3 aromatic heterocycles. The third-order valence-corrected chi connectivity index (χ3v) is 2.80. The van der Waals surface area contributed by atoms with E-state index in [4.69, 9.17) is 16.0 Å². The molecule has 0 saturated heterocycles. The van der Waals surface area contributed by atoms with E-state index in [1.54, 1.807) is 28.9 Å².